The molecule has 1 aromatic carbocycles. The third-order valence-electron chi connectivity index (χ3n) is 3.52. The third kappa shape index (κ3) is 4.75. The van der Waals surface area contributed by atoms with E-state index in [-0.39, 0.29) is 0 Å². The SMILES string of the molecule is COC(=O)C(N)Cc1cccn1CCOc1ccc(OC)cc1. The molecule has 124 valence electrons. The molecule has 6 nitrogen and oxygen atoms in total. The van der Waals surface area contributed by atoms with Crippen molar-refractivity contribution < 1.29 is 19.0 Å². The van der Waals surface area contributed by atoms with E-state index in [0.29, 0.717) is 19.6 Å². The first kappa shape index (κ1) is 16.9. The maximum absolute atomic E-state index is 11.4. The number of esters is 1. The number of benzene rings is 1. The monoisotopic (exact) mass is 318 g/mol. The molecule has 0 radical (unpaired) electrons. The van der Waals surface area contributed by atoms with Gasteiger partial charge in [0.1, 0.15) is 24.1 Å². The van der Waals surface area contributed by atoms with Crippen molar-refractivity contribution in [3.05, 3.63) is 48.3 Å². The van der Waals surface area contributed by atoms with Crippen molar-refractivity contribution in [3.8, 4) is 11.5 Å². The van der Waals surface area contributed by atoms with Crippen LogP contribution in [-0.2, 0) is 22.5 Å². The lowest BCUT2D eigenvalue weighted by Crippen LogP contribution is -2.34. The Kier molecular flexibility index (Phi) is 6.05. The van der Waals surface area contributed by atoms with Crippen LogP contribution in [0.25, 0.3) is 0 Å². The standard InChI is InChI=1S/C17H22N2O4/c1-21-14-5-7-15(8-6-14)23-11-10-19-9-3-4-13(19)12-16(18)17(20)22-2/h3-9,16H,10-12,18H2,1-2H3. The van der Waals surface area contributed by atoms with Crippen molar-refractivity contribution >= 4 is 5.97 Å². The summed E-state index contributed by atoms with van der Waals surface area (Å²) < 4.78 is 17.5. The summed E-state index contributed by atoms with van der Waals surface area (Å²) in [5, 5.41) is 0. The van der Waals surface area contributed by atoms with Gasteiger partial charge < -0.3 is 24.5 Å². The molecule has 2 N–H and O–H groups in total. The number of carbonyl (C=O) groups is 1. The van der Waals surface area contributed by atoms with Gasteiger partial charge in [-0.25, -0.2) is 0 Å². The molecular formula is C17H22N2O4. The van der Waals surface area contributed by atoms with Gasteiger partial charge in [0.05, 0.1) is 20.8 Å². The lowest BCUT2D eigenvalue weighted by molar-refractivity contribution is -0.142. The van der Waals surface area contributed by atoms with Gasteiger partial charge >= 0.3 is 5.97 Å². The number of methoxy groups -OCH3 is 2. The van der Waals surface area contributed by atoms with Gasteiger partial charge in [-0.05, 0) is 36.4 Å². The maximum atomic E-state index is 11.4. The molecule has 1 atom stereocenters. The molecule has 0 fully saturated rings. The van der Waals surface area contributed by atoms with Gasteiger partial charge in [-0.2, -0.15) is 0 Å². The minimum atomic E-state index is -0.656. The summed E-state index contributed by atoms with van der Waals surface area (Å²) in [5.74, 6) is 1.17. The van der Waals surface area contributed by atoms with Crippen LogP contribution in [0.4, 0.5) is 0 Å². The van der Waals surface area contributed by atoms with E-state index in [2.05, 4.69) is 4.74 Å². The van der Waals surface area contributed by atoms with Gasteiger partial charge in [0, 0.05) is 18.3 Å². The van der Waals surface area contributed by atoms with Crippen molar-refractivity contribution in [2.24, 2.45) is 5.73 Å². The highest BCUT2D eigenvalue weighted by Gasteiger charge is 2.16. The van der Waals surface area contributed by atoms with E-state index in [9.17, 15) is 4.79 Å². The Balaban J connectivity index is 1.86. The predicted octanol–water partition coefficient (Wildman–Crippen LogP) is 1.62. The van der Waals surface area contributed by atoms with Crippen LogP contribution in [0.15, 0.2) is 42.6 Å². The molecule has 0 spiro atoms. The van der Waals surface area contributed by atoms with E-state index in [1.807, 2.05) is 47.2 Å². The molecule has 0 bridgehead atoms. The Morgan fingerprint density at radius 2 is 1.87 bits per heavy atom. The third-order valence-corrected chi connectivity index (χ3v) is 3.52. The first-order valence-electron chi connectivity index (χ1n) is 7.38. The fourth-order valence-corrected chi connectivity index (χ4v) is 2.25. The molecule has 0 aliphatic carbocycles. The number of nitrogens with two attached hydrogens (primary N) is 1. The molecule has 0 saturated carbocycles. The number of hydrogen-bond acceptors (Lipinski definition) is 5. The van der Waals surface area contributed by atoms with E-state index < -0.39 is 12.0 Å². The second-order valence-electron chi connectivity index (χ2n) is 5.05. The first-order chi connectivity index (χ1) is 11.1. The molecule has 0 aliphatic rings. The molecule has 1 aromatic heterocycles. The Bertz CT molecular complexity index is 622. The van der Waals surface area contributed by atoms with Crippen LogP contribution in [0.2, 0.25) is 0 Å². The Labute approximate surface area is 135 Å². The Morgan fingerprint density at radius 1 is 1.17 bits per heavy atom. The zero-order valence-corrected chi connectivity index (χ0v) is 13.4. The van der Waals surface area contributed by atoms with Crippen LogP contribution in [0.1, 0.15) is 5.69 Å². The van der Waals surface area contributed by atoms with Gasteiger partial charge in [-0.15, -0.1) is 0 Å². The molecule has 0 saturated heterocycles. The summed E-state index contributed by atoms with van der Waals surface area (Å²) >= 11 is 0. The van der Waals surface area contributed by atoms with Crippen molar-refractivity contribution in [3.63, 3.8) is 0 Å². The van der Waals surface area contributed by atoms with Gasteiger partial charge in [0.25, 0.3) is 0 Å². The van der Waals surface area contributed by atoms with Crippen molar-refractivity contribution in [2.75, 3.05) is 20.8 Å². The highest BCUT2D eigenvalue weighted by atomic mass is 16.5. The lowest BCUT2D eigenvalue weighted by atomic mass is 10.2. The zero-order chi connectivity index (χ0) is 16.7. The molecule has 0 aliphatic heterocycles. The number of hydrogen-bond donors (Lipinski definition) is 1. The molecule has 2 rings (SSSR count). The highest BCUT2D eigenvalue weighted by Crippen LogP contribution is 2.17. The summed E-state index contributed by atoms with van der Waals surface area (Å²) in [7, 11) is 2.96. The van der Waals surface area contributed by atoms with E-state index in [1.165, 1.54) is 7.11 Å². The van der Waals surface area contributed by atoms with Crippen LogP contribution < -0.4 is 15.2 Å². The topological polar surface area (TPSA) is 75.7 Å². The van der Waals surface area contributed by atoms with Crippen LogP contribution in [0.3, 0.4) is 0 Å². The molecule has 6 heteroatoms. The number of ether oxygens (including phenoxy) is 3. The average Bonchev–Trinajstić information content (AvgIpc) is 3.01. The van der Waals surface area contributed by atoms with E-state index in [0.717, 1.165) is 17.2 Å². The van der Waals surface area contributed by atoms with E-state index in [1.54, 1.807) is 7.11 Å². The quantitative estimate of drug-likeness (QED) is 0.749. The molecule has 2 aromatic rings. The molecule has 1 heterocycles. The van der Waals surface area contributed by atoms with Gasteiger partial charge in [0.15, 0.2) is 0 Å². The maximum Gasteiger partial charge on any atom is 0.323 e. The van der Waals surface area contributed by atoms with Crippen LogP contribution >= 0.6 is 0 Å². The molecular weight excluding hydrogens is 296 g/mol. The zero-order valence-electron chi connectivity index (χ0n) is 13.4. The Hall–Kier alpha value is -2.47. The molecule has 23 heavy (non-hydrogen) atoms. The second-order valence-corrected chi connectivity index (χ2v) is 5.05. The van der Waals surface area contributed by atoms with Crippen molar-refractivity contribution in [1.82, 2.24) is 4.57 Å². The minimum Gasteiger partial charge on any atom is -0.497 e. The lowest BCUT2D eigenvalue weighted by Gasteiger charge is -2.13. The summed E-state index contributed by atoms with van der Waals surface area (Å²) in [5.41, 5.74) is 6.78. The predicted molar refractivity (Wildman–Crippen MR) is 86.6 cm³/mol. The number of aromatic nitrogens is 1. The summed E-state index contributed by atoms with van der Waals surface area (Å²) in [4.78, 5) is 11.4. The second kappa shape index (κ2) is 8.24. The summed E-state index contributed by atoms with van der Waals surface area (Å²) in [6.45, 7) is 1.18. The van der Waals surface area contributed by atoms with Gasteiger partial charge in [-0.1, -0.05) is 0 Å². The van der Waals surface area contributed by atoms with Crippen LogP contribution in [-0.4, -0.2) is 37.4 Å². The number of rotatable bonds is 8. The largest absolute Gasteiger partial charge is 0.497 e. The highest BCUT2D eigenvalue weighted by molar-refractivity contribution is 5.75. The van der Waals surface area contributed by atoms with Crippen molar-refractivity contribution in [1.29, 1.82) is 0 Å². The number of nitrogens with zero attached hydrogens (tertiary/aromatic N) is 1. The van der Waals surface area contributed by atoms with Gasteiger partial charge in [0.2, 0.25) is 0 Å². The van der Waals surface area contributed by atoms with E-state index >= 15 is 0 Å². The first-order valence-corrected chi connectivity index (χ1v) is 7.38. The number of carbonyl (C=O) groups excluding carboxylic acids is 1. The smallest absolute Gasteiger partial charge is 0.323 e. The molecule has 0 amide bonds. The van der Waals surface area contributed by atoms with E-state index in [4.69, 9.17) is 15.2 Å². The fraction of sp³-hybridized carbons (Fsp3) is 0.353. The summed E-state index contributed by atoms with van der Waals surface area (Å²) in [6.07, 6.45) is 2.37. The van der Waals surface area contributed by atoms with Gasteiger partial charge in [-0.3, -0.25) is 4.79 Å². The normalized spacial score (nSPS) is 11.8. The van der Waals surface area contributed by atoms with Crippen LogP contribution in [0.5, 0.6) is 11.5 Å². The Morgan fingerprint density at radius 3 is 2.52 bits per heavy atom. The minimum absolute atomic E-state index is 0.410. The van der Waals surface area contributed by atoms with Crippen LogP contribution in [0, 0.1) is 0 Å². The van der Waals surface area contributed by atoms with Crippen molar-refractivity contribution in [2.45, 2.75) is 19.0 Å². The summed E-state index contributed by atoms with van der Waals surface area (Å²) in [6, 6.07) is 10.6. The average molecular weight is 318 g/mol. The molecule has 1 unspecified atom stereocenters. The fourth-order valence-electron chi connectivity index (χ4n) is 2.25.